The summed E-state index contributed by atoms with van der Waals surface area (Å²) in [5, 5.41) is 0.504. The molecule has 0 aliphatic rings. The molecule has 2 aromatic rings. The predicted molar refractivity (Wildman–Crippen MR) is 92.6 cm³/mol. The quantitative estimate of drug-likeness (QED) is 0.366. The van der Waals surface area contributed by atoms with Crippen LogP contribution in [0.5, 0.6) is 5.75 Å². The van der Waals surface area contributed by atoms with E-state index in [1.165, 1.54) is 4.57 Å². The first-order chi connectivity index (χ1) is 10.0. The molecule has 0 fully saturated rings. The van der Waals surface area contributed by atoms with Gasteiger partial charge in [0, 0.05) is 39.8 Å². The summed E-state index contributed by atoms with van der Waals surface area (Å²) < 4.78 is 7.61. The Morgan fingerprint density at radius 3 is 2.82 bits per heavy atom. The van der Waals surface area contributed by atoms with Crippen molar-refractivity contribution >= 4 is 34.2 Å². The normalized spacial score (nSPS) is 9.45. The second-order valence-corrected chi connectivity index (χ2v) is 5.78. The maximum absolute atomic E-state index is 12.0. The molecule has 0 unspecified atom stereocenters. The van der Waals surface area contributed by atoms with E-state index in [2.05, 4.69) is 17.9 Å². The van der Waals surface area contributed by atoms with Crippen LogP contribution >= 0.6 is 34.2 Å². The molecule has 1 aromatic heterocycles. The molecule has 2 rings (SSSR count). The average Bonchev–Trinajstić information content (AvgIpc) is 2.46. The van der Waals surface area contributed by atoms with E-state index < -0.39 is 0 Å². The van der Waals surface area contributed by atoms with Crippen molar-refractivity contribution in [3.8, 4) is 28.8 Å². The van der Waals surface area contributed by atoms with E-state index >= 15 is 0 Å². The number of aromatic nitrogens is 1. The Hall–Kier alpha value is -0.346. The molecule has 1 aromatic carbocycles. The molecule has 1 radical (unpaired) electrons. The molecule has 0 aliphatic heterocycles. The number of ether oxygens (including phenoxy) is 1. The SMILES string of the molecule is CC#CCOc1ccc(-c2[c-]cc(I)c(=O)n2C)c(Cl)c1.[Y]. The van der Waals surface area contributed by atoms with Gasteiger partial charge in [0.15, 0.2) is 0 Å². The molecule has 22 heavy (non-hydrogen) atoms. The molecule has 0 atom stereocenters. The summed E-state index contributed by atoms with van der Waals surface area (Å²) in [5.74, 6) is 6.22. The van der Waals surface area contributed by atoms with Crippen molar-refractivity contribution in [2.45, 2.75) is 6.92 Å². The minimum atomic E-state index is -0.0704. The molecule has 0 saturated heterocycles. The summed E-state index contributed by atoms with van der Waals surface area (Å²) in [6, 6.07) is 10.1. The molecule has 111 valence electrons. The van der Waals surface area contributed by atoms with Crippen molar-refractivity contribution < 1.29 is 37.4 Å². The molecular weight excluding hydrogens is 489 g/mol. The fraction of sp³-hybridized carbons (Fsp3) is 0.188. The van der Waals surface area contributed by atoms with Crippen LogP contribution in [0, 0.1) is 21.5 Å². The molecular formula is C16H12ClINO2Y-. The summed E-state index contributed by atoms with van der Waals surface area (Å²) in [7, 11) is 1.70. The molecule has 0 spiro atoms. The van der Waals surface area contributed by atoms with Gasteiger partial charge in [-0.05, 0) is 27.6 Å². The Morgan fingerprint density at radius 1 is 1.45 bits per heavy atom. The molecule has 1 heterocycles. The third kappa shape index (κ3) is 4.58. The van der Waals surface area contributed by atoms with Gasteiger partial charge in [-0.1, -0.05) is 28.8 Å². The first-order valence-electron chi connectivity index (χ1n) is 6.14. The van der Waals surface area contributed by atoms with E-state index in [0.717, 1.165) is 5.56 Å². The third-order valence-corrected chi connectivity index (χ3v) is 3.95. The van der Waals surface area contributed by atoms with Gasteiger partial charge in [-0.25, -0.2) is 0 Å². The van der Waals surface area contributed by atoms with Crippen LogP contribution in [-0.2, 0) is 39.8 Å². The van der Waals surface area contributed by atoms with Gasteiger partial charge in [-0.2, -0.15) is 12.1 Å². The Morgan fingerprint density at radius 2 is 2.18 bits per heavy atom. The monoisotopic (exact) mass is 501 g/mol. The molecule has 6 heteroatoms. The summed E-state index contributed by atoms with van der Waals surface area (Å²) >= 11 is 8.28. The van der Waals surface area contributed by atoms with Gasteiger partial charge in [-0.15, -0.1) is 34.6 Å². The van der Waals surface area contributed by atoms with Crippen molar-refractivity contribution in [1.29, 1.82) is 0 Å². The largest absolute Gasteiger partial charge is 0.481 e. The van der Waals surface area contributed by atoms with Gasteiger partial charge in [-0.3, -0.25) is 4.79 Å². The van der Waals surface area contributed by atoms with E-state index in [0.29, 0.717) is 26.6 Å². The maximum atomic E-state index is 12.0. The molecule has 3 nitrogen and oxygen atoms in total. The Kier molecular flexibility index (Phi) is 8.12. The van der Waals surface area contributed by atoms with E-state index in [-0.39, 0.29) is 38.3 Å². The molecule has 0 bridgehead atoms. The van der Waals surface area contributed by atoms with Crippen LogP contribution in [-0.4, -0.2) is 11.2 Å². The molecule has 0 saturated carbocycles. The van der Waals surface area contributed by atoms with Crippen molar-refractivity contribution in [3.05, 3.63) is 49.3 Å². The number of benzene rings is 1. The number of hydrogen-bond acceptors (Lipinski definition) is 2. The maximum Gasteiger partial charge on any atom is 0.207 e. The van der Waals surface area contributed by atoms with Gasteiger partial charge >= 0.3 is 0 Å². The average molecular weight is 502 g/mol. The van der Waals surface area contributed by atoms with Crippen molar-refractivity contribution in [3.63, 3.8) is 0 Å². The van der Waals surface area contributed by atoms with Crippen LogP contribution in [0.25, 0.3) is 11.3 Å². The van der Waals surface area contributed by atoms with Crippen LogP contribution in [0.1, 0.15) is 6.92 Å². The number of nitrogens with zero attached hydrogens (tertiary/aromatic N) is 1. The topological polar surface area (TPSA) is 31.2 Å². The van der Waals surface area contributed by atoms with Crippen LogP contribution in [0.2, 0.25) is 5.02 Å². The van der Waals surface area contributed by atoms with E-state index in [1.54, 1.807) is 32.2 Å². The Balaban J connectivity index is 0.00000242. The van der Waals surface area contributed by atoms with Gasteiger partial charge in [0.1, 0.15) is 12.4 Å². The fourth-order valence-corrected chi connectivity index (χ4v) is 2.56. The number of halogens is 2. The van der Waals surface area contributed by atoms with Gasteiger partial charge in [0.05, 0.1) is 0 Å². The number of pyridine rings is 1. The first kappa shape index (κ1) is 19.7. The Labute approximate surface area is 173 Å². The van der Waals surface area contributed by atoms with Crippen LogP contribution in [0.4, 0.5) is 0 Å². The number of hydrogen-bond donors (Lipinski definition) is 0. The third-order valence-electron chi connectivity index (χ3n) is 2.86. The molecule has 0 aliphatic carbocycles. The fourth-order valence-electron chi connectivity index (χ4n) is 1.78. The smallest absolute Gasteiger partial charge is 0.207 e. The summed E-state index contributed by atoms with van der Waals surface area (Å²) in [6.07, 6.45) is 0. The minimum absolute atomic E-state index is 0. The van der Waals surface area contributed by atoms with E-state index in [4.69, 9.17) is 16.3 Å². The van der Waals surface area contributed by atoms with E-state index in [1.807, 2.05) is 28.7 Å². The summed E-state index contributed by atoms with van der Waals surface area (Å²) in [5.41, 5.74) is 1.31. The van der Waals surface area contributed by atoms with Crippen LogP contribution in [0.3, 0.4) is 0 Å². The van der Waals surface area contributed by atoms with Crippen molar-refractivity contribution in [2.75, 3.05) is 6.61 Å². The zero-order chi connectivity index (χ0) is 15.4. The second-order valence-electron chi connectivity index (χ2n) is 4.21. The van der Waals surface area contributed by atoms with Gasteiger partial charge < -0.3 is 9.30 Å². The zero-order valence-electron chi connectivity index (χ0n) is 12.1. The van der Waals surface area contributed by atoms with Crippen LogP contribution in [0.15, 0.2) is 29.1 Å². The summed E-state index contributed by atoms with van der Waals surface area (Å²) in [6.45, 7) is 2.08. The Bertz CT molecular complexity index is 793. The summed E-state index contributed by atoms with van der Waals surface area (Å²) in [4.78, 5) is 12.0. The van der Waals surface area contributed by atoms with Crippen LogP contribution < -0.4 is 10.3 Å². The van der Waals surface area contributed by atoms with Crippen molar-refractivity contribution in [1.82, 2.24) is 4.57 Å². The minimum Gasteiger partial charge on any atom is -0.481 e. The molecule has 0 N–H and O–H groups in total. The first-order valence-corrected chi connectivity index (χ1v) is 7.59. The zero-order valence-corrected chi connectivity index (χ0v) is 17.9. The van der Waals surface area contributed by atoms with E-state index in [9.17, 15) is 4.79 Å². The van der Waals surface area contributed by atoms with Gasteiger partial charge in [0.2, 0.25) is 5.56 Å². The number of rotatable bonds is 3. The second kappa shape index (κ2) is 9.07. The van der Waals surface area contributed by atoms with Crippen molar-refractivity contribution in [2.24, 2.45) is 7.05 Å². The standard InChI is InChI=1S/C16H12ClINO2.Y/c1-3-4-9-21-11-5-6-12(13(17)10-11)15-8-7-14(18)16(20)19(15)2;/h5-7,10H,9H2,1-2H3;/q-1;. The predicted octanol–water partition coefficient (Wildman–Crippen LogP) is 3.51. The van der Waals surface area contributed by atoms with Gasteiger partial charge in [0.25, 0.3) is 0 Å². The molecule has 0 amide bonds.